The Labute approximate surface area is 134 Å². The second-order valence-electron chi connectivity index (χ2n) is 4.73. The number of hydrogen-bond acceptors (Lipinski definition) is 2. The molecule has 0 bridgehead atoms. The van der Waals surface area contributed by atoms with E-state index < -0.39 is 0 Å². The van der Waals surface area contributed by atoms with E-state index in [4.69, 9.17) is 0 Å². The molecule has 0 spiro atoms. The van der Waals surface area contributed by atoms with Gasteiger partial charge in [0.2, 0.25) is 0 Å². The number of anilines is 1. The highest BCUT2D eigenvalue weighted by molar-refractivity contribution is 5.76. The van der Waals surface area contributed by atoms with Gasteiger partial charge >= 0.3 is 0 Å². The van der Waals surface area contributed by atoms with Gasteiger partial charge in [-0.15, -0.1) is 0 Å². The molecule has 0 amide bonds. The molecule has 0 aliphatic rings. The van der Waals surface area contributed by atoms with Gasteiger partial charge in [0.15, 0.2) is 0 Å². The monoisotopic (exact) mass is 294 g/mol. The van der Waals surface area contributed by atoms with E-state index in [1.165, 1.54) is 5.56 Å². The van der Waals surface area contributed by atoms with Crippen molar-refractivity contribution < 1.29 is 0 Å². The lowest BCUT2D eigenvalue weighted by atomic mass is 10.1. The van der Waals surface area contributed by atoms with Gasteiger partial charge in [-0.05, 0) is 42.7 Å². The molecule has 1 aromatic heterocycles. The summed E-state index contributed by atoms with van der Waals surface area (Å²) in [5.41, 5.74) is 6.09. The lowest BCUT2D eigenvalue weighted by molar-refractivity contribution is 1.14. The minimum Gasteiger partial charge on any atom is -0.354 e. The predicted octanol–water partition coefficient (Wildman–Crippen LogP) is 5.70. The molecule has 0 aliphatic carbocycles. The van der Waals surface area contributed by atoms with Gasteiger partial charge in [0.25, 0.3) is 0 Å². The van der Waals surface area contributed by atoms with Crippen LogP contribution in [0.25, 0.3) is 11.8 Å². The predicted molar refractivity (Wildman–Crippen MR) is 98.9 cm³/mol. The molecule has 0 radical (unpaired) electrons. The first-order chi connectivity index (χ1) is 10.6. The first-order valence-corrected chi connectivity index (χ1v) is 7.79. The molecule has 2 heteroatoms. The third-order valence-electron chi connectivity index (χ3n) is 3.31. The van der Waals surface area contributed by atoms with Crippen LogP contribution in [0.1, 0.15) is 43.3 Å². The zero-order valence-corrected chi connectivity index (χ0v) is 14.1. The maximum Gasteiger partial charge on any atom is 0.0628 e. The van der Waals surface area contributed by atoms with Crippen molar-refractivity contribution >= 4 is 17.5 Å². The summed E-state index contributed by atoms with van der Waals surface area (Å²) < 4.78 is 0. The Kier molecular flexibility index (Phi) is 7.11. The van der Waals surface area contributed by atoms with Gasteiger partial charge in [0.05, 0.1) is 17.1 Å². The van der Waals surface area contributed by atoms with Crippen LogP contribution in [0.2, 0.25) is 0 Å². The van der Waals surface area contributed by atoms with E-state index >= 15 is 0 Å². The number of benzene rings is 1. The van der Waals surface area contributed by atoms with Crippen LogP contribution in [0.3, 0.4) is 0 Å². The summed E-state index contributed by atoms with van der Waals surface area (Å²) in [6.07, 6.45) is 2.79. The number of pyridine rings is 1. The molecule has 0 atom stereocenters. The highest BCUT2D eigenvalue weighted by Crippen LogP contribution is 2.20. The van der Waals surface area contributed by atoms with Crippen molar-refractivity contribution in [2.24, 2.45) is 0 Å². The van der Waals surface area contributed by atoms with Crippen LogP contribution in [-0.2, 0) is 6.42 Å². The van der Waals surface area contributed by atoms with Crippen LogP contribution in [0.15, 0.2) is 49.6 Å². The fraction of sp³-hybridized carbons (Fsp3) is 0.250. The fourth-order valence-electron chi connectivity index (χ4n) is 2.00. The lowest BCUT2D eigenvalue weighted by Gasteiger charge is -2.12. The van der Waals surface area contributed by atoms with Gasteiger partial charge in [-0.2, -0.15) is 0 Å². The van der Waals surface area contributed by atoms with Crippen molar-refractivity contribution in [1.29, 1.82) is 0 Å². The average molecular weight is 294 g/mol. The van der Waals surface area contributed by atoms with Crippen molar-refractivity contribution in [3.8, 4) is 0 Å². The molecule has 1 heterocycles. The molecule has 116 valence electrons. The first kappa shape index (κ1) is 17.7. The van der Waals surface area contributed by atoms with Crippen LogP contribution in [-0.4, -0.2) is 4.98 Å². The average Bonchev–Trinajstić information content (AvgIpc) is 2.58. The maximum atomic E-state index is 4.44. The van der Waals surface area contributed by atoms with Crippen molar-refractivity contribution in [2.75, 3.05) is 5.32 Å². The normalized spacial score (nSPS) is 9.45. The quantitative estimate of drug-likeness (QED) is 0.764. The fourth-order valence-corrected chi connectivity index (χ4v) is 2.00. The summed E-state index contributed by atoms with van der Waals surface area (Å²) in [6.45, 7) is 16.0. The van der Waals surface area contributed by atoms with E-state index in [0.717, 1.165) is 34.8 Å². The summed E-state index contributed by atoms with van der Waals surface area (Å²) in [4.78, 5) is 4.44. The van der Waals surface area contributed by atoms with Crippen molar-refractivity contribution in [3.05, 3.63) is 72.1 Å². The molecule has 1 aromatic carbocycles. The van der Waals surface area contributed by atoms with Crippen LogP contribution >= 0.6 is 0 Å². The molecule has 2 nitrogen and oxygen atoms in total. The summed E-state index contributed by atoms with van der Waals surface area (Å²) in [5.74, 6) is 0. The minimum atomic E-state index is 0.879. The molecule has 2 aromatic rings. The second kappa shape index (κ2) is 8.83. The lowest BCUT2D eigenvalue weighted by Crippen LogP contribution is -2.01. The van der Waals surface area contributed by atoms with E-state index in [9.17, 15) is 0 Å². The minimum absolute atomic E-state index is 0.879. The number of hydrogen-bond donors (Lipinski definition) is 1. The summed E-state index contributed by atoms with van der Waals surface area (Å²) in [5, 5.41) is 3.32. The zero-order valence-electron chi connectivity index (χ0n) is 14.1. The Balaban J connectivity index is 0.00000116. The molecule has 0 fully saturated rings. The summed E-state index contributed by atoms with van der Waals surface area (Å²) in [7, 11) is 0. The SMILES string of the molecule is C=Cc1ccc(NC(=C)c2ccc(CC)cc2)c(C)n1.CC. The van der Waals surface area contributed by atoms with Gasteiger partial charge in [-0.1, -0.05) is 58.2 Å². The summed E-state index contributed by atoms with van der Waals surface area (Å²) >= 11 is 0. The van der Waals surface area contributed by atoms with Crippen molar-refractivity contribution in [1.82, 2.24) is 4.98 Å². The Morgan fingerprint density at radius 2 is 1.77 bits per heavy atom. The second-order valence-corrected chi connectivity index (χ2v) is 4.73. The van der Waals surface area contributed by atoms with E-state index in [-0.39, 0.29) is 0 Å². The number of nitrogens with one attached hydrogen (secondary N) is 1. The Bertz CT molecular complexity index is 625. The van der Waals surface area contributed by atoms with Gasteiger partial charge in [-0.3, -0.25) is 4.98 Å². The molecule has 22 heavy (non-hydrogen) atoms. The van der Waals surface area contributed by atoms with Gasteiger partial charge in [-0.25, -0.2) is 0 Å². The van der Waals surface area contributed by atoms with Gasteiger partial charge in [0.1, 0.15) is 0 Å². The zero-order chi connectivity index (χ0) is 16.5. The standard InChI is InChI=1S/C18H20N2.C2H6/c1-5-15-7-9-16(10-8-15)13(3)20-18-12-11-17(6-2)19-14(18)4;1-2/h6-12,20H,2-3,5H2,1,4H3;1-2H3. The topological polar surface area (TPSA) is 24.9 Å². The van der Waals surface area contributed by atoms with E-state index in [0.29, 0.717) is 0 Å². The Morgan fingerprint density at radius 1 is 1.14 bits per heavy atom. The van der Waals surface area contributed by atoms with Crippen LogP contribution in [0, 0.1) is 6.92 Å². The Morgan fingerprint density at radius 3 is 2.27 bits per heavy atom. The van der Waals surface area contributed by atoms with Crippen LogP contribution < -0.4 is 5.32 Å². The van der Waals surface area contributed by atoms with Crippen LogP contribution in [0.5, 0.6) is 0 Å². The number of rotatable bonds is 5. The largest absolute Gasteiger partial charge is 0.354 e. The number of aryl methyl sites for hydroxylation is 2. The third-order valence-corrected chi connectivity index (χ3v) is 3.31. The highest BCUT2D eigenvalue weighted by atomic mass is 14.9. The third kappa shape index (κ3) is 4.59. The van der Waals surface area contributed by atoms with E-state index in [1.54, 1.807) is 6.08 Å². The van der Waals surface area contributed by atoms with Crippen molar-refractivity contribution in [2.45, 2.75) is 34.1 Å². The Hall–Kier alpha value is -2.35. The van der Waals surface area contributed by atoms with E-state index in [2.05, 4.69) is 54.6 Å². The molecular weight excluding hydrogens is 268 g/mol. The number of aromatic nitrogens is 1. The first-order valence-electron chi connectivity index (χ1n) is 7.79. The van der Waals surface area contributed by atoms with Gasteiger partial charge in [0, 0.05) is 5.70 Å². The molecule has 0 saturated carbocycles. The molecule has 2 rings (SSSR count). The molecule has 0 saturated heterocycles. The molecular formula is C20H26N2. The molecule has 0 aliphatic heterocycles. The molecule has 1 N–H and O–H groups in total. The maximum absolute atomic E-state index is 4.44. The smallest absolute Gasteiger partial charge is 0.0628 e. The summed E-state index contributed by atoms with van der Waals surface area (Å²) in [6, 6.07) is 12.4. The molecule has 0 unspecified atom stereocenters. The highest BCUT2D eigenvalue weighted by Gasteiger charge is 2.03. The van der Waals surface area contributed by atoms with Crippen LogP contribution in [0.4, 0.5) is 5.69 Å². The number of nitrogens with zero attached hydrogens (tertiary/aromatic N) is 1. The van der Waals surface area contributed by atoms with Crippen molar-refractivity contribution in [3.63, 3.8) is 0 Å². The van der Waals surface area contributed by atoms with E-state index in [1.807, 2.05) is 32.9 Å². The van der Waals surface area contributed by atoms with Gasteiger partial charge < -0.3 is 5.32 Å².